The van der Waals surface area contributed by atoms with E-state index in [1.165, 1.54) is 0 Å². The Balaban J connectivity index is 0.00000312. The zero-order chi connectivity index (χ0) is 17.4. The van der Waals surface area contributed by atoms with Crippen molar-refractivity contribution in [1.29, 1.82) is 0 Å². The molecule has 0 bridgehead atoms. The SMILES string of the molecule is CCOC(=O)C(N)C(OC(=O)Cc1ccccc1)c1ccccc1.Cl. The Bertz CT molecular complexity index is 664. The van der Waals surface area contributed by atoms with Crippen LogP contribution in [0.1, 0.15) is 24.2 Å². The van der Waals surface area contributed by atoms with Crippen molar-refractivity contribution in [1.82, 2.24) is 0 Å². The van der Waals surface area contributed by atoms with Gasteiger partial charge in [-0.25, -0.2) is 0 Å². The summed E-state index contributed by atoms with van der Waals surface area (Å²) in [6.07, 6.45) is -0.777. The minimum atomic E-state index is -1.08. The number of nitrogens with two attached hydrogens (primary N) is 1. The molecule has 0 fully saturated rings. The van der Waals surface area contributed by atoms with Crippen molar-refractivity contribution >= 4 is 24.3 Å². The lowest BCUT2D eigenvalue weighted by atomic mass is 10.0. The highest BCUT2D eigenvalue weighted by atomic mass is 35.5. The number of halogens is 1. The van der Waals surface area contributed by atoms with Crippen molar-refractivity contribution < 1.29 is 19.1 Å². The summed E-state index contributed by atoms with van der Waals surface area (Å²) in [6, 6.07) is 17.1. The maximum Gasteiger partial charge on any atom is 0.327 e. The largest absolute Gasteiger partial charge is 0.465 e. The molecular weight excluding hydrogens is 342 g/mol. The summed E-state index contributed by atoms with van der Waals surface area (Å²) >= 11 is 0. The van der Waals surface area contributed by atoms with Gasteiger partial charge in [-0.05, 0) is 18.1 Å². The molecule has 2 N–H and O–H groups in total. The summed E-state index contributed by atoms with van der Waals surface area (Å²) in [5.41, 5.74) is 7.45. The zero-order valence-corrected chi connectivity index (χ0v) is 14.8. The van der Waals surface area contributed by atoms with Crippen molar-refractivity contribution in [2.75, 3.05) is 6.61 Å². The summed E-state index contributed by atoms with van der Waals surface area (Å²) in [7, 11) is 0. The molecule has 0 heterocycles. The zero-order valence-electron chi connectivity index (χ0n) is 14.0. The van der Waals surface area contributed by atoms with E-state index in [0.717, 1.165) is 5.56 Å². The van der Waals surface area contributed by atoms with Gasteiger partial charge in [0.2, 0.25) is 0 Å². The van der Waals surface area contributed by atoms with Gasteiger partial charge in [-0.1, -0.05) is 60.7 Å². The lowest BCUT2D eigenvalue weighted by Crippen LogP contribution is -2.40. The number of esters is 2. The first kappa shape index (κ1) is 20.7. The Hall–Kier alpha value is -2.37. The van der Waals surface area contributed by atoms with E-state index >= 15 is 0 Å². The number of benzene rings is 2. The van der Waals surface area contributed by atoms with Crippen LogP contribution < -0.4 is 5.73 Å². The van der Waals surface area contributed by atoms with E-state index in [1.54, 1.807) is 31.2 Å². The molecular formula is C19H22ClNO4. The van der Waals surface area contributed by atoms with E-state index in [2.05, 4.69) is 0 Å². The molecule has 0 aliphatic heterocycles. The third kappa shape index (κ3) is 6.21. The Morgan fingerprint density at radius 2 is 1.56 bits per heavy atom. The minimum absolute atomic E-state index is 0. The smallest absolute Gasteiger partial charge is 0.327 e. The maximum atomic E-state index is 12.3. The molecule has 2 atom stereocenters. The highest BCUT2D eigenvalue weighted by Crippen LogP contribution is 2.22. The van der Waals surface area contributed by atoms with Gasteiger partial charge >= 0.3 is 11.9 Å². The van der Waals surface area contributed by atoms with Crippen LogP contribution in [-0.4, -0.2) is 24.6 Å². The summed E-state index contributed by atoms with van der Waals surface area (Å²) in [4.78, 5) is 24.2. The third-order valence-electron chi connectivity index (χ3n) is 3.46. The van der Waals surface area contributed by atoms with Crippen LogP contribution in [0, 0.1) is 0 Å². The first-order valence-electron chi connectivity index (χ1n) is 7.82. The van der Waals surface area contributed by atoms with Gasteiger partial charge in [0, 0.05) is 0 Å². The van der Waals surface area contributed by atoms with Gasteiger partial charge in [-0.15, -0.1) is 12.4 Å². The minimum Gasteiger partial charge on any atom is -0.465 e. The van der Waals surface area contributed by atoms with Crippen LogP contribution in [0.5, 0.6) is 0 Å². The summed E-state index contributed by atoms with van der Waals surface area (Å²) in [5, 5.41) is 0. The van der Waals surface area contributed by atoms with Gasteiger partial charge in [-0.2, -0.15) is 0 Å². The fraction of sp³-hybridized carbons (Fsp3) is 0.263. The molecule has 0 aromatic heterocycles. The van der Waals surface area contributed by atoms with E-state index in [0.29, 0.717) is 5.56 Å². The second-order valence-electron chi connectivity index (χ2n) is 5.26. The van der Waals surface area contributed by atoms with Crippen LogP contribution in [0.2, 0.25) is 0 Å². The number of carbonyl (C=O) groups excluding carboxylic acids is 2. The summed E-state index contributed by atoms with van der Waals surface area (Å²) in [6.45, 7) is 1.91. The van der Waals surface area contributed by atoms with Gasteiger partial charge in [0.05, 0.1) is 13.0 Å². The van der Waals surface area contributed by atoms with Crippen LogP contribution in [0.4, 0.5) is 0 Å². The Morgan fingerprint density at radius 1 is 1.00 bits per heavy atom. The van der Waals surface area contributed by atoms with E-state index in [1.807, 2.05) is 36.4 Å². The molecule has 25 heavy (non-hydrogen) atoms. The van der Waals surface area contributed by atoms with Crippen molar-refractivity contribution in [3.05, 3.63) is 71.8 Å². The number of hydrogen-bond donors (Lipinski definition) is 1. The lowest BCUT2D eigenvalue weighted by Gasteiger charge is -2.23. The van der Waals surface area contributed by atoms with Crippen LogP contribution in [0.3, 0.4) is 0 Å². The molecule has 5 nitrogen and oxygen atoms in total. The second kappa shape index (κ2) is 10.5. The van der Waals surface area contributed by atoms with Crippen molar-refractivity contribution in [3.8, 4) is 0 Å². The summed E-state index contributed by atoms with van der Waals surface area (Å²) in [5.74, 6) is -1.05. The van der Waals surface area contributed by atoms with Crippen molar-refractivity contribution in [2.24, 2.45) is 5.73 Å². The number of rotatable bonds is 7. The summed E-state index contributed by atoms with van der Waals surface area (Å²) < 4.78 is 10.5. The second-order valence-corrected chi connectivity index (χ2v) is 5.26. The Labute approximate surface area is 153 Å². The lowest BCUT2D eigenvalue weighted by molar-refractivity contribution is -0.157. The van der Waals surface area contributed by atoms with Gasteiger partial charge in [0.1, 0.15) is 6.04 Å². The molecule has 2 unspecified atom stereocenters. The molecule has 0 saturated heterocycles. The quantitative estimate of drug-likeness (QED) is 0.765. The maximum absolute atomic E-state index is 12.3. The molecule has 0 amide bonds. The number of ether oxygens (including phenoxy) is 2. The van der Waals surface area contributed by atoms with Gasteiger partial charge in [0.15, 0.2) is 6.10 Å². The molecule has 0 aliphatic carbocycles. The monoisotopic (exact) mass is 363 g/mol. The predicted molar refractivity (Wildman–Crippen MR) is 97.3 cm³/mol. The molecule has 2 rings (SSSR count). The molecule has 0 spiro atoms. The molecule has 0 aliphatic rings. The molecule has 2 aromatic carbocycles. The van der Waals surface area contributed by atoms with Crippen molar-refractivity contribution in [3.63, 3.8) is 0 Å². The normalized spacial score (nSPS) is 12.4. The molecule has 6 heteroatoms. The van der Waals surface area contributed by atoms with Crippen molar-refractivity contribution in [2.45, 2.75) is 25.5 Å². The highest BCUT2D eigenvalue weighted by molar-refractivity contribution is 5.85. The highest BCUT2D eigenvalue weighted by Gasteiger charge is 2.30. The topological polar surface area (TPSA) is 78.6 Å². The Kier molecular flexibility index (Phi) is 8.67. The van der Waals surface area contributed by atoms with Crippen LogP contribution >= 0.6 is 12.4 Å². The van der Waals surface area contributed by atoms with E-state index in [-0.39, 0.29) is 25.4 Å². The predicted octanol–water partition coefficient (Wildman–Crippen LogP) is 2.83. The van der Waals surface area contributed by atoms with Gasteiger partial charge in [0.25, 0.3) is 0 Å². The molecule has 0 radical (unpaired) electrons. The molecule has 2 aromatic rings. The standard InChI is InChI=1S/C19H21NO4.ClH/c1-2-23-19(22)17(20)18(15-11-7-4-8-12-15)24-16(21)13-14-9-5-3-6-10-14;/h3-12,17-18H,2,13,20H2,1H3;1H. The van der Waals surface area contributed by atoms with Gasteiger partial charge < -0.3 is 15.2 Å². The average Bonchev–Trinajstić information content (AvgIpc) is 2.61. The molecule has 134 valence electrons. The average molecular weight is 364 g/mol. The van der Waals surface area contributed by atoms with E-state index in [9.17, 15) is 9.59 Å². The van der Waals surface area contributed by atoms with E-state index in [4.69, 9.17) is 15.2 Å². The Morgan fingerprint density at radius 3 is 2.12 bits per heavy atom. The van der Waals surface area contributed by atoms with Crippen LogP contribution in [-0.2, 0) is 25.5 Å². The van der Waals surface area contributed by atoms with E-state index < -0.39 is 24.1 Å². The number of hydrogen-bond acceptors (Lipinski definition) is 5. The third-order valence-corrected chi connectivity index (χ3v) is 3.46. The van der Waals surface area contributed by atoms with Gasteiger partial charge in [-0.3, -0.25) is 9.59 Å². The first-order chi connectivity index (χ1) is 11.6. The fourth-order valence-corrected chi connectivity index (χ4v) is 2.30. The molecule has 0 saturated carbocycles. The van der Waals surface area contributed by atoms with Crippen LogP contribution in [0.15, 0.2) is 60.7 Å². The van der Waals surface area contributed by atoms with Crippen LogP contribution in [0.25, 0.3) is 0 Å². The number of carbonyl (C=O) groups is 2. The first-order valence-corrected chi connectivity index (χ1v) is 7.82. The fourth-order valence-electron chi connectivity index (χ4n) is 2.30.